The first kappa shape index (κ1) is 17.2. The summed E-state index contributed by atoms with van der Waals surface area (Å²) in [6.07, 6.45) is 4.91. The monoisotopic (exact) mass is 332 g/mol. The topological polar surface area (TPSA) is 61.8 Å². The van der Waals surface area contributed by atoms with Crippen molar-refractivity contribution in [1.29, 1.82) is 0 Å². The molecule has 5 nitrogen and oxygen atoms in total. The van der Waals surface area contributed by atoms with Gasteiger partial charge in [0.25, 0.3) is 0 Å². The minimum absolute atomic E-state index is 0.0155. The third kappa shape index (κ3) is 4.28. The van der Waals surface area contributed by atoms with Crippen LogP contribution in [0.5, 0.6) is 0 Å². The summed E-state index contributed by atoms with van der Waals surface area (Å²) in [6.45, 7) is 2.41. The highest BCUT2D eigenvalue weighted by Gasteiger charge is 2.30. The number of rotatable bonds is 5. The van der Waals surface area contributed by atoms with Gasteiger partial charge in [-0.25, -0.2) is 4.79 Å². The number of aliphatic hydroxyl groups excluding tert-OH is 1. The van der Waals surface area contributed by atoms with Crippen LogP contribution in [0.25, 0.3) is 0 Å². The smallest absolute Gasteiger partial charge is 0.318 e. The lowest BCUT2D eigenvalue weighted by Gasteiger charge is -2.30. The Hall–Kier alpha value is -1.59. The molecule has 1 aromatic rings. The van der Waals surface area contributed by atoms with Crippen molar-refractivity contribution in [2.75, 3.05) is 26.4 Å². The van der Waals surface area contributed by atoms with Gasteiger partial charge in [0.15, 0.2) is 0 Å². The number of carbonyl (C=O) groups excluding carboxylic acids is 1. The van der Waals surface area contributed by atoms with E-state index < -0.39 is 0 Å². The normalized spacial score (nSPS) is 23.2. The van der Waals surface area contributed by atoms with Crippen molar-refractivity contribution in [3.8, 4) is 0 Å². The number of urea groups is 1. The first-order valence-corrected chi connectivity index (χ1v) is 9.08. The van der Waals surface area contributed by atoms with Gasteiger partial charge in [-0.05, 0) is 43.6 Å². The molecule has 0 aromatic heterocycles. The molecule has 0 bridgehead atoms. The molecular formula is C19H28N2O3. The number of hydrogen-bond acceptors (Lipinski definition) is 3. The second kappa shape index (κ2) is 8.49. The predicted molar refractivity (Wildman–Crippen MR) is 92.7 cm³/mol. The first-order valence-electron chi connectivity index (χ1n) is 9.08. The number of likely N-dealkylation sites (tertiary alicyclic amines) is 1. The fourth-order valence-electron chi connectivity index (χ4n) is 3.80. The number of amides is 2. The lowest BCUT2D eigenvalue weighted by molar-refractivity contribution is 0.0605. The molecule has 3 rings (SSSR count). The third-order valence-electron chi connectivity index (χ3n) is 5.26. The molecule has 2 fully saturated rings. The molecule has 0 aliphatic carbocycles. The molecule has 2 saturated heterocycles. The minimum atomic E-state index is -0.0486. The van der Waals surface area contributed by atoms with Crippen LogP contribution in [0.1, 0.15) is 43.7 Å². The molecule has 2 atom stereocenters. The van der Waals surface area contributed by atoms with E-state index in [-0.39, 0.29) is 24.7 Å². The quantitative estimate of drug-likeness (QED) is 0.871. The van der Waals surface area contributed by atoms with Gasteiger partial charge < -0.3 is 20.1 Å². The van der Waals surface area contributed by atoms with E-state index in [4.69, 9.17) is 4.74 Å². The van der Waals surface area contributed by atoms with E-state index in [2.05, 4.69) is 17.4 Å². The number of nitrogens with one attached hydrogen (secondary N) is 1. The Labute approximate surface area is 144 Å². The number of hydrogen-bond donors (Lipinski definition) is 2. The van der Waals surface area contributed by atoms with Crippen LogP contribution in [-0.4, -0.2) is 48.4 Å². The van der Waals surface area contributed by atoms with E-state index >= 15 is 0 Å². The average Bonchev–Trinajstić information content (AvgIpc) is 3.12. The van der Waals surface area contributed by atoms with Crippen LogP contribution in [-0.2, 0) is 4.74 Å². The van der Waals surface area contributed by atoms with Gasteiger partial charge >= 0.3 is 6.03 Å². The maximum atomic E-state index is 12.7. The number of ether oxygens (including phenoxy) is 1. The van der Waals surface area contributed by atoms with Gasteiger partial charge in [-0.1, -0.05) is 30.3 Å². The highest BCUT2D eigenvalue weighted by atomic mass is 16.5. The van der Waals surface area contributed by atoms with Gasteiger partial charge in [-0.3, -0.25) is 0 Å². The molecule has 2 aliphatic rings. The zero-order valence-electron chi connectivity index (χ0n) is 14.2. The summed E-state index contributed by atoms with van der Waals surface area (Å²) in [5.41, 5.74) is 1.15. The summed E-state index contributed by atoms with van der Waals surface area (Å²) >= 11 is 0. The third-order valence-corrected chi connectivity index (χ3v) is 5.26. The van der Waals surface area contributed by atoms with Gasteiger partial charge in [0.05, 0.1) is 18.7 Å². The molecule has 2 aliphatic heterocycles. The van der Waals surface area contributed by atoms with Crippen LogP contribution in [0, 0.1) is 5.92 Å². The molecule has 0 saturated carbocycles. The SMILES string of the molecule is O=C(NC(CC1CCOCC1)c1ccccc1)N1CCC[C@H]1CO. The average molecular weight is 332 g/mol. The van der Waals surface area contributed by atoms with Crippen LogP contribution >= 0.6 is 0 Å². The summed E-state index contributed by atoms with van der Waals surface area (Å²) in [6, 6.07) is 10.1. The maximum Gasteiger partial charge on any atom is 0.318 e. The van der Waals surface area contributed by atoms with Gasteiger partial charge in [0, 0.05) is 19.8 Å². The lowest BCUT2D eigenvalue weighted by Crippen LogP contribution is -2.45. The van der Waals surface area contributed by atoms with Crippen molar-refractivity contribution in [1.82, 2.24) is 10.2 Å². The molecule has 0 radical (unpaired) electrons. The highest BCUT2D eigenvalue weighted by Crippen LogP contribution is 2.28. The summed E-state index contributed by atoms with van der Waals surface area (Å²) in [5.74, 6) is 0.580. The van der Waals surface area contributed by atoms with Gasteiger partial charge in [0.2, 0.25) is 0 Å². The van der Waals surface area contributed by atoms with Crippen molar-refractivity contribution in [2.45, 2.75) is 44.2 Å². The number of aliphatic hydroxyl groups is 1. The zero-order valence-corrected chi connectivity index (χ0v) is 14.2. The first-order chi connectivity index (χ1) is 11.8. The molecule has 1 aromatic carbocycles. The molecular weight excluding hydrogens is 304 g/mol. The van der Waals surface area contributed by atoms with Gasteiger partial charge in [-0.15, -0.1) is 0 Å². The van der Waals surface area contributed by atoms with Crippen molar-refractivity contribution in [2.24, 2.45) is 5.92 Å². The second-order valence-electron chi connectivity index (χ2n) is 6.88. The molecule has 2 N–H and O–H groups in total. The Kier molecular flexibility index (Phi) is 6.10. The largest absolute Gasteiger partial charge is 0.394 e. The second-order valence-corrected chi connectivity index (χ2v) is 6.88. The van der Waals surface area contributed by atoms with Crippen LogP contribution in [0.2, 0.25) is 0 Å². The van der Waals surface area contributed by atoms with Crippen LogP contribution < -0.4 is 5.32 Å². The number of nitrogens with zero attached hydrogens (tertiary/aromatic N) is 1. The summed E-state index contributed by atoms with van der Waals surface area (Å²) in [5, 5.41) is 12.7. The van der Waals surface area contributed by atoms with Crippen molar-refractivity contribution >= 4 is 6.03 Å². The van der Waals surface area contributed by atoms with E-state index in [0.717, 1.165) is 57.4 Å². The Morgan fingerprint density at radius 1 is 1.25 bits per heavy atom. The lowest BCUT2D eigenvalue weighted by atomic mass is 9.89. The van der Waals surface area contributed by atoms with Crippen molar-refractivity contribution < 1.29 is 14.6 Å². The van der Waals surface area contributed by atoms with Crippen molar-refractivity contribution in [3.05, 3.63) is 35.9 Å². The van der Waals surface area contributed by atoms with E-state index in [1.54, 1.807) is 4.90 Å². The Balaban J connectivity index is 1.68. The van der Waals surface area contributed by atoms with Crippen LogP contribution in [0.15, 0.2) is 30.3 Å². The Morgan fingerprint density at radius 2 is 2.00 bits per heavy atom. The summed E-state index contributed by atoms with van der Waals surface area (Å²) < 4.78 is 5.45. The standard InChI is InChI=1S/C19H28N2O3/c22-14-17-7-4-10-21(17)19(23)20-18(16-5-2-1-3-6-16)13-15-8-11-24-12-9-15/h1-3,5-6,15,17-18,22H,4,7-14H2,(H,20,23)/t17-,18?/m0/s1. The van der Waals surface area contributed by atoms with Crippen LogP contribution in [0.4, 0.5) is 4.79 Å². The van der Waals surface area contributed by atoms with Crippen molar-refractivity contribution in [3.63, 3.8) is 0 Å². The molecule has 5 heteroatoms. The fourth-order valence-corrected chi connectivity index (χ4v) is 3.80. The summed E-state index contributed by atoms with van der Waals surface area (Å²) in [7, 11) is 0. The predicted octanol–water partition coefficient (Wildman–Crippen LogP) is 2.71. The van der Waals surface area contributed by atoms with E-state index in [0.29, 0.717) is 5.92 Å². The Bertz CT molecular complexity index is 517. The molecule has 0 spiro atoms. The minimum Gasteiger partial charge on any atom is -0.394 e. The number of benzene rings is 1. The van der Waals surface area contributed by atoms with Gasteiger partial charge in [0.1, 0.15) is 0 Å². The maximum absolute atomic E-state index is 12.7. The fraction of sp³-hybridized carbons (Fsp3) is 0.632. The molecule has 2 heterocycles. The summed E-state index contributed by atoms with van der Waals surface area (Å²) in [4.78, 5) is 14.5. The zero-order chi connectivity index (χ0) is 16.8. The Morgan fingerprint density at radius 3 is 2.71 bits per heavy atom. The molecule has 132 valence electrons. The molecule has 1 unspecified atom stereocenters. The van der Waals surface area contributed by atoms with Gasteiger partial charge in [-0.2, -0.15) is 0 Å². The van der Waals surface area contributed by atoms with E-state index in [1.807, 2.05) is 18.2 Å². The molecule has 24 heavy (non-hydrogen) atoms. The number of carbonyl (C=O) groups is 1. The van der Waals surface area contributed by atoms with E-state index in [1.165, 1.54) is 0 Å². The van der Waals surface area contributed by atoms with E-state index in [9.17, 15) is 9.90 Å². The highest BCUT2D eigenvalue weighted by molar-refractivity contribution is 5.75. The molecule has 2 amide bonds. The van der Waals surface area contributed by atoms with Crippen LogP contribution in [0.3, 0.4) is 0 Å².